The Labute approximate surface area is 124 Å². The summed E-state index contributed by atoms with van der Waals surface area (Å²) in [5, 5.41) is 7.27. The Bertz CT molecular complexity index is 559. The molecule has 1 atom stereocenters. The van der Waals surface area contributed by atoms with Crippen molar-refractivity contribution in [3.8, 4) is 0 Å². The summed E-state index contributed by atoms with van der Waals surface area (Å²) < 4.78 is 0. The van der Waals surface area contributed by atoms with Crippen LogP contribution < -0.4 is 10.6 Å². The predicted molar refractivity (Wildman–Crippen MR) is 84.3 cm³/mol. The van der Waals surface area contributed by atoms with Crippen molar-refractivity contribution in [2.24, 2.45) is 0 Å². The van der Waals surface area contributed by atoms with Crippen LogP contribution in [0.2, 0.25) is 5.02 Å². The normalized spacial score (nSPS) is 11.9. The van der Waals surface area contributed by atoms with Gasteiger partial charge in [-0.25, -0.2) is 4.98 Å². The molecule has 0 aliphatic carbocycles. The summed E-state index contributed by atoms with van der Waals surface area (Å²) in [5.74, 6) is 1.43. The van der Waals surface area contributed by atoms with Crippen molar-refractivity contribution in [2.45, 2.75) is 26.3 Å². The summed E-state index contributed by atoms with van der Waals surface area (Å²) in [4.78, 5) is 8.62. The Morgan fingerprint density at radius 3 is 2.80 bits per heavy atom. The van der Waals surface area contributed by atoms with E-state index >= 15 is 0 Å². The van der Waals surface area contributed by atoms with E-state index in [0.29, 0.717) is 5.95 Å². The first-order valence-electron chi connectivity index (χ1n) is 6.78. The van der Waals surface area contributed by atoms with E-state index in [1.54, 1.807) is 6.20 Å². The predicted octanol–water partition coefficient (Wildman–Crippen LogP) is 4.13. The smallest absolute Gasteiger partial charge is 0.224 e. The van der Waals surface area contributed by atoms with Gasteiger partial charge in [-0.15, -0.1) is 0 Å². The first-order chi connectivity index (χ1) is 9.70. The van der Waals surface area contributed by atoms with Gasteiger partial charge in [0.25, 0.3) is 0 Å². The average molecular weight is 291 g/mol. The fraction of sp³-hybridized carbons (Fsp3) is 0.333. The van der Waals surface area contributed by atoms with Crippen molar-refractivity contribution in [3.63, 3.8) is 0 Å². The van der Waals surface area contributed by atoms with Gasteiger partial charge in [-0.1, -0.05) is 36.7 Å². The molecule has 0 bridgehead atoms. The lowest BCUT2D eigenvalue weighted by Gasteiger charge is -2.16. The van der Waals surface area contributed by atoms with Crippen LogP contribution in [0.3, 0.4) is 0 Å². The molecular formula is C15H19ClN4. The van der Waals surface area contributed by atoms with Gasteiger partial charge in [0.1, 0.15) is 5.82 Å². The second-order valence-corrected chi connectivity index (χ2v) is 4.99. The molecule has 0 radical (unpaired) electrons. The number of rotatable bonds is 6. The van der Waals surface area contributed by atoms with Crippen molar-refractivity contribution in [2.75, 3.05) is 17.2 Å². The summed E-state index contributed by atoms with van der Waals surface area (Å²) in [6, 6.07) is 9.74. The van der Waals surface area contributed by atoms with Crippen molar-refractivity contribution in [1.29, 1.82) is 0 Å². The van der Waals surface area contributed by atoms with Gasteiger partial charge in [0.05, 0.1) is 6.04 Å². The zero-order valence-corrected chi connectivity index (χ0v) is 12.5. The van der Waals surface area contributed by atoms with E-state index in [2.05, 4.69) is 34.4 Å². The van der Waals surface area contributed by atoms with Gasteiger partial charge in [0.15, 0.2) is 0 Å². The Balaban J connectivity index is 2.08. The summed E-state index contributed by atoms with van der Waals surface area (Å²) in [7, 11) is 0. The number of nitrogens with one attached hydrogen (secondary N) is 2. The minimum absolute atomic E-state index is 0.0811. The van der Waals surface area contributed by atoms with Gasteiger partial charge in [-0.2, -0.15) is 4.98 Å². The molecule has 1 aromatic heterocycles. The third-order valence-electron chi connectivity index (χ3n) is 2.92. The van der Waals surface area contributed by atoms with E-state index in [1.165, 1.54) is 0 Å². The number of nitrogens with zero attached hydrogens (tertiary/aromatic N) is 2. The summed E-state index contributed by atoms with van der Waals surface area (Å²) in [5.41, 5.74) is 1.05. The first kappa shape index (κ1) is 14.6. The molecule has 0 fully saturated rings. The standard InChI is InChI=1S/C15H19ClN4/c1-3-9-17-15-18-10-8-14(20-15)19-11(2)12-6-4-5-7-13(12)16/h4-8,10-11H,3,9H2,1-2H3,(H2,17,18,19,20). The van der Waals surface area contributed by atoms with E-state index in [0.717, 1.165) is 29.4 Å². The van der Waals surface area contributed by atoms with E-state index in [-0.39, 0.29) is 6.04 Å². The second-order valence-electron chi connectivity index (χ2n) is 4.58. The lowest BCUT2D eigenvalue weighted by Crippen LogP contribution is -2.10. The molecule has 2 N–H and O–H groups in total. The summed E-state index contributed by atoms with van der Waals surface area (Å²) in [6.45, 7) is 5.03. The van der Waals surface area contributed by atoms with Crippen molar-refractivity contribution >= 4 is 23.4 Å². The molecule has 0 aliphatic heterocycles. The van der Waals surface area contributed by atoms with Gasteiger partial charge >= 0.3 is 0 Å². The van der Waals surface area contributed by atoms with Crippen molar-refractivity contribution < 1.29 is 0 Å². The Morgan fingerprint density at radius 2 is 2.05 bits per heavy atom. The molecule has 0 aliphatic rings. The van der Waals surface area contributed by atoms with Gasteiger partial charge in [-0.05, 0) is 31.0 Å². The molecule has 1 aromatic carbocycles. The van der Waals surface area contributed by atoms with Gasteiger partial charge < -0.3 is 10.6 Å². The molecule has 20 heavy (non-hydrogen) atoms. The molecule has 1 heterocycles. The van der Waals surface area contributed by atoms with E-state index < -0.39 is 0 Å². The van der Waals surface area contributed by atoms with Gasteiger partial charge in [-0.3, -0.25) is 0 Å². The number of anilines is 2. The molecular weight excluding hydrogens is 272 g/mol. The lowest BCUT2D eigenvalue weighted by molar-refractivity contribution is 0.870. The zero-order valence-electron chi connectivity index (χ0n) is 11.7. The minimum atomic E-state index is 0.0811. The maximum atomic E-state index is 6.20. The number of halogens is 1. The molecule has 5 heteroatoms. The third kappa shape index (κ3) is 3.84. The fourth-order valence-electron chi connectivity index (χ4n) is 1.89. The molecule has 0 spiro atoms. The van der Waals surface area contributed by atoms with Crippen LogP contribution in [-0.2, 0) is 0 Å². The Hall–Kier alpha value is -1.81. The quantitative estimate of drug-likeness (QED) is 0.840. The van der Waals surface area contributed by atoms with Crippen LogP contribution >= 0.6 is 11.6 Å². The highest BCUT2D eigenvalue weighted by atomic mass is 35.5. The van der Waals surface area contributed by atoms with Crippen LogP contribution in [0.1, 0.15) is 31.9 Å². The maximum Gasteiger partial charge on any atom is 0.224 e. The summed E-state index contributed by atoms with van der Waals surface area (Å²) >= 11 is 6.20. The molecule has 0 saturated heterocycles. The first-order valence-corrected chi connectivity index (χ1v) is 7.16. The number of hydrogen-bond donors (Lipinski definition) is 2. The van der Waals surface area contributed by atoms with E-state index in [1.807, 2.05) is 30.3 Å². The molecule has 0 saturated carbocycles. The highest BCUT2D eigenvalue weighted by Gasteiger charge is 2.09. The van der Waals surface area contributed by atoms with Crippen LogP contribution in [0.25, 0.3) is 0 Å². The number of hydrogen-bond acceptors (Lipinski definition) is 4. The highest BCUT2D eigenvalue weighted by molar-refractivity contribution is 6.31. The van der Waals surface area contributed by atoms with Crippen LogP contribution in [0.4, 0.5) is 11.8 Å². The molecule has 2 rings (SSSR count). The number of aromatic nitrogens is 2. The largest absolute Gasteiger partial charge is 0.363 e. The average Bonchev–Trinajstić information content (AvgIpc) is 2.46. The van der Waals surface area contributed by atoms with Crippen molar-refractivity contribution in [3.05, 3.63) is 47.1 Å². The molecule has 0 amide bonds. The monoisotopic (exact) mass is 290 g/mol. The lowest BCUT2D eigenvalue weighted by atomic mass is 10.1. The minimum Gasteiger partial charge on any atom is -0.363 e. The molecule has 2 aromatic rings. The fourth-order valence-corrected chi connectivity index (χ4v) is 2.19. The zero-order chi connectivity index (χ0) is 14.4. The van der Waals surface area contributed by atoms with E-state index in [9.17, 15) is 0 Å². The summed E-state index contributed by atoms with van der Waals surface area (Å²) in [6.07, 6.45) is 2.78. The highest BCUT2D eigenvalue weighted by Crippen LogP contribution is 2.25. The maximum absolute atomic E-state index is 6.20. The number of benzene rings is 1. The molecule has 1 unspecified atom stereocenters. The topological polar surface area (TPSA) is 49.8 Å². The van der Waals surface area contributed by atoms with Gasteiger partial charge in [0, 0.05) is 17.8 Å². The SMILES string of the molecule is CCCNc1nccc(NC(C)c2ccccc2Cl)n1. The van der Waals surface area contributed by atoms with Gasteiger partial charge in [0.2, 0.25) is 5.95 Å². The Kier molecular flexibility index (Phi) is 5.18. The van der Waals surface area contributed by atoms with Crippen LogP contribution in [0.5, 0.6) is 0 Å². The van der Waals surface area contributed by atoms with Crippen LogP contribution in [0.15, 0.2) is 36.5 Å². The Morgan fingerprint density at radius 1 is 1.25 bits per heavy atom. The van der Waals surface area contributed by atoms with Crippen LogP contribution in [-0.4, -0.2) is 16.5 Å². The molecule has 4 nitrogen and oxygen atoms in total. The second kappa shape index (κ2) is 7.10. The van der Waals surface area contributed by atoms with E-state index in [4.69, 9.17) is 11.6 Å². The third-order valence-corrected chi connectivity index (χ3v) is 3.27. The molecule has 106 valence electrons. The van der Waals surface area contributed by atoms with Crippen LogP contribution in [0, 0.1) is 0 Å². The van der Waals surface area contributed by atoms with Crippen molar-refractivity contribution in [1.82, 2.24) is 9.97 Å².